The van der Waals surface area contributed by atoms with Gasteiger partial charge in [0.05, 0.1) is 0 Å². The van der Waals surface area contributed by atoms with Crippen LogP contribution in [0.3, 0.4) is 0 Å². The molecule has 0 radical (unpaired) electrons. The third-order valence-corrected chi connectivity index (χ3v) is 2.04. The van der Waals surface area contributed by atoms with E-state index in [4.69, 9.17) is 5.21 Å². The maximum atomic E-state index is 8.66. The molecule has 0 fully saturated rings. The normalized spacial score (nSPS) is 10.4. The summed E-state index contributed by atoms with van der Waals surface area (Å²) in [7, 11) is 0. The van der Waals surface area contributed by atoms with E-state index in [2.05, 4.69) is 15.4 Å². The Morgan fingerprint density at radius 2 is 2.21 bits per heavy atom. The predicted octanol–water partition coefficient (Wildman–Crippen LogP) is 1.56. The van der Waals surface area contributed by atoms with Crippen molar-refractivity contribution >= 4 is 0 Å². The average Bonchev–Trinajstić information content (AvgIpc) is 2.72. The third-order valence-electron chi connectivity index (χ3n) is 2.04. The zero-order chi connectivity index (χ0) is 9.80. The Bertz CT molecular complexity index is 398. The first-order valence-electron chi connectivity index (χ1n) is 4.36. The Morgan fingerprint density at radius 1 is 1.36 bits per heavy atom. The lowest BCUT2D eigenvalue weighted by molar-refractivity contribution is 0.161. The second-order valence-corrected chi connectivity index (χ2v) is 2.93. The van der Waals surface area contributed by atoms with E-state index in [1.54, 1.807) is 12.4 Å². The molecule has 0 bridgehead atoms. The molecule has 0 saturated carbocycles. The Kier molecular flexibility index (Phi) is 2.58. The van der Waals surface area contributed by atoms with Gasteiger partial charge in [-0.1, -0.05) is 24.3 Å². The fraction of sp³-hybridized carbons (Fsp3) is 0.100. The van der Waals surface area contributed by atoms with E-state index in [-0.39, 0.29) is 0 Å². The number of imidazole rings is 1. The van der Waals surface area contributed by atoms with Gasteiger partial charge in [-0.2, -0.15) is 0 Å². The van der Waals surface area contributed by atoms with Crippen LogP contribution in [0.25, 0.3) is 11.4 Å². The minimum Gasteiger partial charge on any atom is -0.345 e. The molecule has 14 heavy (non-hydrogen) atoms. The highest BCUT2D eigenvalue weighted by atomic mass is 16.5. The van der Waals surface area contributed by atoms with E-state index in [0.717, 1.165) is 17.0 Å². The lowest BCUT2D eigenvalue weighted by atomic mass is 10.1. The van der Waals surface area contributed by atoms with Crippen LogP contribution in [0.5, 0.6) is 0 Å². The number of hydrogen-bond donors (Lipinski definition) is 3. The number of nitrogens with one attached hydrogen (secondary N) is 2. The molecule has 2 aromatic rings. The van der Waals surface area contributed by atoms with Gasteiger partial charge in [-0.3, -0.25) is 0 Å². The van der Waals surface area contributed by atoms with Crippen LogP contribution in [-0.2, 0) is 6.54 Å². The lowest BCUT2D eigenvalue weighted by Crippen LogP contribution is -2.07. The molecular formula is C10H11N3O. The SMILES string of the molecule is ONCc1ccccc1-c1ncc[nH]1. The summed E-state index contributed by atoms with van der Waals surface area (Å²) in [6.45, 7) is 0.414. The van der Waals surface area contributed by atoms with Crippen LogP contribution in [-0.4, -0.2) is 15.2 Å². The van der Waals surface area contributed by atoms with Crippen LogP contribution >= 0.6 is 0 Å². The van der Waals surface area contributed by atoms with Crippen LogP contribution in [0.4, 0.5) is 0 Å². The van der Waals surface area contributed by atoms with Crippen LogP contribution in [0.15, 0.2) is 36.7 Å². The van der Waals surface area contributed by atoms with Crippen LogP contribution < -0.4 is 5.48 Å². The third kappa shape index (κ3) is 1.66. The molecule has 0 amide bonds. The van der Waals surface area contributed by atoms with E-state index >= 15 is 0 Å². The van der Waals surface area contributed by atoms with Crippen molar-refractivity contribution in [3.05, 3.63) is 42.2 Å². The molecular weight excluding hydrogens is 178 g/mol. The molecule has 1 aromatic heterocycles. The van der Waals surface area contributed by atoms with E-state index in [0.29, 0.717) is 6.54 Å². The van der Waals surface area contributed by atoms with Crippen molar-refractivity contribution in [1.82, 2.24) is 15.4 Å². The van der Waals surface area contributed by atoms with Gasteiger partial charge in [0.1, 0.15) is 5.82 Å². The Hall–Kier alpha value is -1.65. The lowest BCUT2D eigenvalue weighted by Gasteiger charge is -2.05. The maximum Gasteiger partial charge on any atom is 0.137 e. The van der Waals surface area contributed by atoms with Crippen molar-refractivity contribution in [3.63, 3.8) is 0 Å². The summed E-state index contributed by atoms with van der Waals surface area (Å²) >= 11 is 0. The zero-order valence-electron chi connectivity index (χ0n) is 7.57. The second kappa shape index (κ2) is 4.04. The molecule has 0 atom stereocenters. The quantitative estimate of drug-likeness (QED) is 0.642. The number of aromatic nitrogens is 2. The van der Waals surface area contributed by atoms with Gasteiger partial charge < -0.3 is 10.2 Å². The molecule has 0 saturated heterocycles. The molecule has 4 heteroatoms. The smallest absolute Gasteiger partial charge is 0.137 e. The number of H-pyrrole nitrogens is 1. The molecule has 0 spiro atoms. The highest BCUT2D eigenvalue weighted by Gasteiger charge is 2.04. The predicted molar refractivity (Wildman–Crippen MR) is 52.6 cm³/mol. The fourth-order valence-electron chi connectivity index (χ4n) is 1.40. The highest BCUT2D eigenvalue weighted by Crippen LogP contribution is 2.19. The van der Waals surface area contributed by atoms with Gasteiger partial charge in [-0.25, -0.2) is 10.5 Å². The standard InChI is InChI=1S/C10H11N3O/c14-13-7-8-3-1-2-4-9(8)10-11-5-6-12-10/h1-6,13-14H,7H2,(H,11,12). The Morgan fingerprint density at radius 3 is 2.93 bits per heavy atom. The molecule has 1 aromatic carbocycles. The number of rotatable bonds is 3. The average molecular weight is 189 g/mol. The fourth-order valence-corrected chi connectivity index (χ4v) is 1.40. The monoisotopic (exact) mass is 189 g/mol. The molecule has 0 aliphatic carbocycles. The van der Waals surface area contributed by atoms with Gasteiger partial charge in [0, 0.05) is 24.5 Å². The number of benzene rings is 1. The van der Waals surface area contributed by atoms with E-state index in [9.17, 15) is 0 Å². The van der Waals surface area contributed by atoms with E-state index in [1.807, 2.05) is 24.3 Å². The second-order valence-electron chi connectivity index (χ2n) is 2.93. The summed E-state index contributed by atoms with van der Waals surface area (Å²) in [5.74, 6) is 0.816. The zero-order valence-corrected chi connectivity index (χ0v) is 7.57. The van der Waals surface area contributed by atoms with Gasteiger partial charge in [0.25, 0.3) is 0 Å². The van der Waals surface area contributed by atoms with Crippen molar-refractivity contribution < 1.29 is 5.21 Å². The van der Waals surface area contributed by atoms with Gasteiger partial charge >= 0.3 is 0 Å². The van der Waals surface area contributed by atoms with E-state index in [1.165, 1.54) is 0 Å². The number of aromatic amines is 1. The highest BCUT2D eigenvalue weighted by molar-refractivity contribution is 5.59. The van der Waals surface area contributed by atoms with Gasteiger partial charge in [0.15, 0.2) is 0 Å². The largest absolute Gasteiger partial charge is 0.345 e. The molecule has 1 heterocycles. The first kappa shape index (κ1) is 8.93. The summed E-state index contributed by atoms with van der Waals surface area (Å²) in [5, 5.41) is 8.66. The molecule has 2 rings (SSSR count). The molecule has 3 N–H and O–H groups in total. The maximum absolute atomic E-state index is 8.66. The van der Waals surface area contributed by atoms with Gasteiger partial charge in [-0.05, 0) is 5.56 Å². The summed E-state index contributed by atoms with van der Waals surface area (Å²) in [4.78, 5) is 7.20. The van der Waals surface area contributed by atoms with Crippen LogP contribution in [0.2, 0.25) is 0 Å². The molecule has 0 aliphatic heterocycles. The molecule has 0 aliphatic rings. The minimum absolute atomic E-state index is 0.414. The Labute approximate surface area is 81.6 Å². The summed E-state index contributed by atoms with van der Waals surface area (Å²) in [5.41, 5.74) is 4.15. The van der Waals surface area contributed by atoms with Crippen molar-refractivity contribution in [2.24, 2.45) is 0 Å². The number of hydrogen-bond acceptors (Lipinski definition) is 3. The van der Waals surface area contributed by atoms with Crippen molar-refractivity contribution in [2.45, 2.75) is 6.54 Å². The van der Waals surface area contributed by atoms with Crippen molar-refractivity contribution in [1.29, 1.82) is 0 Å². The van der Waals surface area contributed by atoms with E-state index < -0.39 is 0 Å². The topological polar surface area (TPSA) is 60.9 Å². The van der Waals surface area contributed by atoms with Gasteiger partial charge in [-0.15, -0.1) is 0 Å². The molecule has 4 nitrogen and oxygen atoms in total. The Balaban J connectivity index is 2.42. The summed E-state index contributed by atoms with van der Waals surface area (Å²) in [6, 6.07) is 7.78. The van der Waals surface area contributed by atoms with Gasteiger partial charge in [0.2, 0.25) is 0 Å². The number of nitrogens with zero attached hydrogens (tertiary/aromatic N) is 1. The van der Waals surface area contributed by atoms with Crippen molar-refractivity contribution in [3.8, 4) is 11.4 Å². The number of hydroxylamine groups is 1. The summed E-state index contributed by atoms with van der Waals surface area (Å²) < 4.78 is 0. The summed E-state index contributed by atoms with van der Waals surface area (Å²) in [6.07, 6.45) is 3.48. The minimum atomic E-state index is 0.414. The van der Waals surface area contributed by atoms with Crippen molar-refractivity contribution in [2.75, 3.05) is 0 Å². The molecule has 0 unspecified atom stereocenters. The molecule has 72 valence electrons. The van der Waals surface area contributed by atoms with Crippen LogP contribution in [0.1, 0.15) is 5.56 Å². The van der Waals surface area contributed by atoms with Crippen LogP contribution in [0, 0.1) is 0 Å². The first-order valence-corrected chi connectivity index (χ1v) is 4.36. The first-order chi connectivity index (χ1) is 6.92.